The molecular formula is C27H23ClN6O2. The maximum Gasteiger partial charge on any atom is 0.246 e. The van der Waals surface area contributed by atoms with Crippen LogP contribution in [0, 0.1) is 5.92 Å². The zero-order valence-corrected chi connectivity index (χ0v) is 20.1. The van der Waals surface area contributed by atoms with Crippen molar-refractivity contribution in [2.24, 2.45) is 5.92 Å². The van der Waals surface area contributed by atoms with E-state index in [0.717, 1.165) is 24.2 Å². The Morgan fingerprint density at radius 2 is 1.94 bits per heavy atom. The number of halogens is 1. The summed E-state index contributed by atoms with van der Waals surface area (Å²) >= 11 is 6.02. The van der Waals surface area contributed by atoms with Crippen molar-refractivity contribution in [1.29, 1.82) is 0 Å². The topological polar surface area (TPSA) is 106 Å². The summed E-state index contributed by atoms with van der Waals surface area (Å²) in [6.45, 7) is 3.68. The lowest BCUT2D eigenvalue weighted by Crippen LogP contribution is -2.33. The van der Waals surface area contributed by atoms with Crippen molar-refractivity contribution in [3.8, 4) is 11.3 Å². The first kappa shape index (κ1) is 22.4. The van der Waals surface area contributed by atoms with Crippen LogP contribution in [0.3, 0.4) is 0 Å². The fourth-order valence-electron chi connectivity index (χ4n) is 5.26. The molecule has 3 atom stereocenters. The largest absolute Gasteiger partial charge is 0.382 e. The summed E-state index contributed by atoms with van der Waals surface area (Å²) in [6.07, 6.45) is 8.46. The average Bonchev–Trinajstić information content (AvgIpc) is 3.36. The molecule has 36 heavy (non-hydrogen) atoms. The predicted octanol–water partition coefficient (Wildman–Crippen LogP) is 4.30. The SMILES string of the molecule is C=CC(=O)N1C(c2nc(-c3ccc(C(=O)Cc4cc(Cl)ccn4)cc3)c3c(N)nccn23)CC2CC21. The van der Waals surface area contributed by atoms with Gasteiger partial charge in [-0.05, 0) is 37.0 Å². The zero-order valence-electron chi connectivity index (χ0n) is 19.3. The highest BCUT2D eigenvalue weighted by molar-refractivity contribution is 6.30. The van der Waals surface area contributed by atoms with Crippen LogP contribution in [0.2, 0.25) is 5.02 Å². The summed E-state index contributed by atoms with van der Waals surface area (Å²) in [6, 6.07) is 10.7. The molecule has 1 saturated heterocycles. The van der Waals surface area contributed by atoms with Gasteiger partial charge < -0.3 is 10.6 Å². The van der Waals surface area contributed by atoms with Gasteiger partial charge in [0.25, 0.3) is 0 Å². The molecule has 3 unspecified atom stereocenters. The van der Waals surface area contributed by atoms with E-state index in [-0.39, 0.29) is 30.2 Å². The number of nitrogens with zero attached hydrogens (tertiary/aromatic N) is 5. The second-order valence-electron chi connectivity index (χ2n) is 9.26. The van der Waals surface area contributed by atoms with Gasteiger partial charge in [-0.2, -0.15) is 0 Å². The van der Waals surface area contributed by atoms with Crippen LogP contribution in [-0.2, 0) is 11.2 Å². The van der Waals surface area contributed by atoms with Gasteiger partial charge in [0.2, 0.25) is 5.91 Å². The van der Waals surface area contributed by atoms with Gasteiger partial charge in [-0.15, -0.1) is 0 Å². The van der Waals surface area contributed by atoms with Crippen molar-refractivity contribution in [3.05, 3.63) is 89.7 Å². The van der Waals surface area contributed by atoms with Crippen LogP contribution < -0.4 is 5.73 Å². The Balaban J connectivity index is 1.35. The van der Waals surface area contributed by atoms with Crippen molar-refractivity contribution in [2.45, 2.75) is 31.3 Å². The Hall–Kier alpha value is -4.04. The minimum atomic E-state index is -0.159. The lowest BCUT2D eigenvalue weighted by molar-refractivity contribution is -0.128. The molecule has 0 bridgehead atoms. The number of carbonyl (C=O) groups is 2. The van der Waals surface area contributed by atoms with E-state index in [1.165, 1.54) is 6.08 Å². The minimum absolute atomic E-state index is 0.0587. The number of nitrogens with two attached hydrogens (primary N) is 1. The molecule has 180 valence electrons. The summed E-state index contributed by atoms with van der Waals surface area (Å²) in [5.74, 6) is 1.46. The Kier molecular flexibility index (Phi) is 5.34. The number of pyridine rings is 1. The number of Topliss-reactive ketones (excluding diaryl/α,β-unsaturated/α-hetero) is 1. The fraction of sp³-hybridized carbons (Fsp3) is 0.222. The van der Waals surface area contributed by atoms with Crippen LogP contribution in [-0.4, -0.2) is 42.0 Å². The molecule has 2 fully saturated rings. The smallest absolute Gasteiger partial charge is 0.246 e. The normalized spacial score (nSPS) is 20.4. The highest BCUT2D eigenvalue weighted by atomic mass is 35.5. The van der Waals surface area contributed by atoms with E-state index in [9.17, 15) is 9.59 Å². The minimum Gasteiger partial charge on any atom is -0.382 e. The molecule has 0 spiro atoms. The summed E-state index contributed by atoms with van der Waals surface area (Å²) in [7, 11) is 0. The van der Waals surface area contributed by atoms with Gasteiger partial charge in [0.15, 0.2) is 5.78 Å². The summed E-state index contributed by atoms with van der Waals surface area (Å²) in [4.78, 5) is 40.8. The molecule has 4 aromatic rings. The molecule has 0 radical (unpaired) electrons. The summed E-state index contributed by atoms with van der Waals surface area (Å²) in [5.41, 5.74) is 9.63. The quantitative estimate of drug-likeness (QED) is 0.314. The highest BCUT2D eigenvalue weighted by Crippen LogP contribution is 2.53. The number of piperidine rings is 1. The predicted molar refractivity (Wildman–Crippen MR) is 136 cm³/mol. The molecule has 6 rings (SSSR count). The van der Waals surface area contributed by atoms with E-state index >= 15 is 0 Å². The molecule has 1 aliphatic heterocycles. The number of anilines is 1. The number of aromatic nitrogens is 4. The number of benzene rings is 1. The first-order chi connectivity index (χ1) is 17.4. The molecule has 9 heteroatoms. The van der Waals surface area contributed by atoms with Gasteiger partial charge in [0, 0.05) is 46.5 Å². The molecule has 1 amide bonds. The molecule has 1 aliphatic carbocycles. The lowest BCUT2D eigenvalue weighted by atomic mass is 10.0. The van der Waals surface area contributed by atoms with E-state index in [2.05, 4.69) is 16.5 Å². The first-order valence-corrected chi connectivity index (χ1v) is 12.1. The van der Waals surface area contributed by atoms with E-state index < -0.39 is 0 Å². The number of amides is 1. The van der Waals surface area contributed by atoms with Crippen molar-refractivity contribution in [2.75, 3.05) is 5.73 Å². The second kappa shape index (κ2) is 8.57. The van der Waals surface area contributed by atoms with E-state index in [0.29, 0.717) is 39.2 Å². The molecule has 8 nitrogen and oxygen atoms in total. The van der Waals surface area contributed by atoms with Crippen molar-refractivity contribution >= 4 is 34.6 Å². The van der Waals surface area contributed by atoms with Gasteiger partial charge in [-0.3, -0.25) is 19.0 Å². The number of fused-ring (bicyclic) bond motifs is 2. The zero-order chi connectivity index (χ0) is 25.0. The standard InChI is InChI=1S/C27H23ClN6O2/c1-2-23(36)34-20-11-17(20)12-21(34)27-32-24(25-26(29)31-9-10-33(25)27)16-5-3-15(4-6-16)22(35)14-19-13-18(28)7-8-30-19/h2-10,13,17,20-21H,1,11-12,14H2,(H2,29,31). The van der Waals surface area contributed by atoms with Crippen LogP contribution in [0.4, 0.5) is 5.82 Å². The average molecular weight is 499 g/mol. The van der Waals surface area contributed by atoms with Crippen LogP contribution >= 0.6 is 11.6 Å². The summed E-state index contributed by atoms with van der Waals surface area (Å²) < 4.78 is 1.93. The Morgan fingerprint density at radius 3 is 2.69 bits per heavy atom. The van der Waals surface area contributed by atoms with E-state index in [1.807, 2.05) is 27.6 Å². The number of carbonyl (C=O) groups excluding carboxylic acids is 2. The van der Waals surface area contributed by atoms with Gasteiger partial charge in [0.05, 0.1) is 12.5 Å². The second-order valence-corrected chi connectivity index (χ2v) is 9.69. The molecular weight excluding hydrogens is 476 g/mol. The highest BCUT2D eigenvalue weighted by Gasteiger charge is 2.55. The van der Waals surface area contributed by atoms with Gasteiger partial charge in [-0.1, -0.05) is 42.4 Å². The number of hydrogen-bond donors (Lipinski definition) is 1. The number of nitrogen functional groups attached to an aromatic ring is 1. The first-order valence-electron chi connectivity index (χ1n) is 11.8. The third kappa shape index (κ3) is 3.74. The summed E-state index contributed by atoms with van der Waals surface area (Å²) in [5, 5.41) is 0.546. The molecule has 2 N–H and O–H groups in total. The molecule has 1 aromatic carbocycles. The fourth-order valence-corrected chi connectivity index (χ4v) is 5.44. The van der Waals surface area contributed by atoms with Gasteiger partial charge >= 0.3 is 0 Å². The molecule has 4 heterocycles. The van der Waals surface area contributed by atoms with Gasteiger partial charge in [0.1, 0.15) is 22.9 Å². The number of ketones is 1. The maximum absolute atomic E-state index is 12.8. The molecule has 2 aliphatic rings. The Bertz CT molecular complexity index is 1530. The number of likely N-dealkylation sites (tertiary alicyclic amines) is 1. The van der Waals surface area contributed by atoms with Crippen LogP contribution in [0.5, 0.6) is 0 Å². The number of hydrogen-bond acceptors (Lipinski definition) is 6. The van der Waals surface area contributed by atoms with Crippen molar-refractivity contribution in [1.82, 2.24) is 24.3 Å². The Morgan fingerprint density at radius 1 is 1.14 bits per heavy atom. The van der Waals surface area contributed by atoms with Gasteiger partial charge in [-0.25, -0.2) is 9.97 Å². The monoisotopic (exact) mass is 498 g/mol. The van der Waals surface area contributed by atoms with Crippen molar-refractivity contribution < 1.29 is 9.59 Å². The van der Waals surface area contributed by atoms with Crippen LogP contribution in [0.25, 0.3) is 16.8 Å². The van der Waals surface area contributed by atoms with E-state index in [1.54, 1.807) is 36.7 Å². The van der Waals surface area contributed by atoms with E-state index in [4.69, 9.17) is 22.3 Å². The third-order valence-corrected chi connectivity index (χ3v) is 7.28. The molecule has 3 aromatic heterocycles. The number of rotatable bonds is 6. The molecule has 1 saturated carbocycles. The van der Waals surface area contributed by atoms with Crippen LogP contribution in [0.1, 0.15) is 40.8 Å². The lowest BCUT2D eigenvalue weighted by Gasteiger charge is -2.25. The van der Waals surface area contributed by atoms with Crippen molar-refractivity contribution in [3.63, 3.8) is 0 Å². The van der Waals surface area contributed by atoms with Crippen LogP contribution in [0.15, 0.2) is 67.6 Å². The number of imidazole rings is 1. The maximum atomic E-state index is 12.8. The Labute approximate surface area is 212 Å². The third-order valence-electron chi connectivity index (χ3n) is 7.04.